The molecule has 0 unspecified atom stereocenters. The Bertz CT molecular complexity index is 1170. The summed E-state index contributed by atoms with van der Waals surface area (Å²) in [5.41, 5.74) is 8.82. The highest BCUT2D eigenvalue weighted by molar-refractivity contribution is 7.14. The number of fused-ring (bicyclic) bond motifs is 1. The monoisotopic (exact) mass is 420 g/mol. The van der Waals surface area contributed by atoms with Gasteiger partial charge in [0, 0.05) is 42.5 Å². The molecule has 2 N–H and O–H groups in total. The molecule has 152 valence electrons. The first-order valence-electron chi connectivity index (χ1n) is 9.85. The third kappa shape index (κ3) is 3.83. The molecule has 1 fully saturated rings. The Hall–Kier alpha value is -3.10. The molecular formula is C22H21FN6S. The Morgan fingerprint density at radius 1 is 0.933 bits per heavy atom. The molecule has 8 heteroatoms. The number of hydrogen-bond acceptors (Lipinski definition) is 7. The Morgan fingerprint density at radius 3 is 2.50 bits per heavy atom. The predicted octanol–water partition coefficient (Wildman–Crippen LogP) is 3.80. The van der Waals surface area contributed by atoms with E-state index in [1.54, 1.807) is 23.5 Å². The molecular weight excluding hydrogens is 399 g/mol. The second kappa shape index (κ2) is 7.97. The summed E-state index contributed by atoms with van der Waals surface area (Å²) in [6.07, 6.45) is 0. The number of piperazine rings is 1. The molecule has 1 saturated heterocycles. The number of nitrogens with two attached hydrogens (primary N) is 1. The first-order valence-corrected chi connectivity index (χ1v) is 10.7. The number of aromatic nitrogens is 3. The summed E-state index contributed by atoms with van der Waals surface area (Å²) < 4.78 is 13.1. The maximum atomic E-state index is 13.1. The summed E-state index contributed by atoms with van der Waals surface area (Å²) in [5, 5.41) is 3.92. The minimum Gasteiger partial charge on any atom is -0.383 e. The molecule has 3 heterocycles. The molecule has 2 aromatic carbocycles. The number of rotatable bonds is 4. The summed E-state index contributed by atoms with van der Waals surface area (Å²) in [7, 11) is 0. The van der Waals surface area contributed by atoms with E-state index >= 15 is 0 Å². The fourth-order valence-electron chi connectivity index (χ4n) is 3.68. The predicted molar refractivity (Wildman–Crippen MR) is 119 cm³/mol. The number of anilines is 2. The van der Waals surface area contributed by atoms with Gasteiger partial charge in [-0.15, -0.1) is 11.3 Å². The summed E-state index contributed by atoms with van der Waals surface area (Å²) in [4.78, 5) is 18.5. The van der Waals surface area contributed by atoms with Gasteiger partial charge in [-0.2, -0.15) is 0 Å². The van der Waals surface area contributed by atoms with E-state index in [1.165, 1.54) is 12.1 Å². The van der Waals surface area contributed by atoms with Gasteiger partial charge >= 0.3 is 0 Å². The van der Waals surface area contributed by atoms with Crippen molar-refractivity contribution in [1.29, 1.82) is 0 Å². The topological polar surface area (TPSA) is 71.2 Å². The first kappa shape index (κ1) is 18.9. The first-order chi connectivity index (χ1) is 14.7. The highest BCUT2D eigenvalue weighted by Gasteiger charge is 2.21. The van der Waals surface area contributed by atoms with Gasteiger partial charge in [-0.1, -0.05) is 12.1 Å². The molecule has 30 heavy (non-hydrogen) atoms. The van der Waals surface area contributed by atoms with Crippen LogP contribution < -0.4 is 10.6 Å². The van der Waals surface area contributed by atoms with Gasteiger partial charge in [0.2, 0.25) is 0 Å². The molecule has 5 rings (SSSR count). The minimum absolute atomic E-state index is 0.234. The number of thiazole rings is 1. The third-order valence-corrected chi connectivity index (χ3v) is 6.22. The van der Waals surface area contributed by atoms with E-state index in [1.807, 2.05) is 29.6 Å². The van der Waals surface area contributed by atoms with Crippen molar-refractivity contribution in [1.82, 2.24) is 19.9 Å². The molecule has 1 aliphatic heterocycles. The van der Waals surface area contributed by atoms with Crippen molar-refractivity contribution in [3.05, 3.63) is 65.6 Å². The van der Waals surface area contributed by atoms with E-state index in [-0.39, 0.29) is 5.82 Å². The minimum atomic E-state index is -0.234. The molecule has 1 aliphatic rings. The van der Waals surface area contributed by atoms with Crippen LogP contribution in [0.4, 0.5) is 15.3 Å². The van der Waals surface area contributed by atoms with Crippen LogP contribution in [0.1, 0.15) is 5.82 Å². The summed E-state index contributed by atoms with van der Waals surface area (Å²) in [6.45, 7) is 4.27. The third-order valence-electron chi connectivity index (χ3n) is 5.32. The van der Waals surface area contributed by atoms with Crippen molar-refractivity contribution < 1.29 is 4.39 Å². The zero-order valence-electron chi connectivity index (χ0n) is 16.3. The molecule has 4 aromatic rings. The van der Waals surface area contributed by atoms with Gasteiger partial charge in [-0.25, -0.2) is 19.3 Å². The van der Waals surface area contributed by atoms with Crippen LogP contribution in [0, 0.1) is 5.82 Å². The van der Waals surface area contributed by atoms with Crippen LogP contribution in [-0.4, -0.2) is 46.0 Å². The molecule has 0 bridgehead atoms. The Labute approximate surface area is 177 Å². The number of para-hydroxylation sites is 1. The van der Waals surface area contributed by atoms with Crippen molar-refractivity contribution in [2.45, 2.75) is 6.54 Å². The molecule has 6 nitrogen and oxygen atoms in total. The fraction of sp³-hybridized carbons (Fsp3) is 0.227. The van der Waals surface area contributed by atoms with Gasteiger partial charge in [0.05, 0.1) is 17.8 Å². The van der Waals surface area contributed by atoms with E-state index in [9.17, 15) is 4.39 Å². The average molecular weight is 421 g/mol. The SMILES string of the molecule is Nc1nc(CN2CCN(c3nc(-c4ccc(F)cc4)cs3)CC2)nc2ccccc12. The fourth-order valence-corrected chi connectivity index (χ4v) is 4.57. The molecule has 0 spiro atoms. The standard InChI is InChI=1S/C22H21FN6S/c23-16-7-5-15(6-8-16)19-14-30-22(26-19)29-11-9-28(10-12-29)13-20-25-18-4-2-1-3-17(18)21(24)27-20/h1-8,14H,9-13H2,(H2,24,25,27). The maximum Gasteiger partial charge on any atom is 0.185 e. The smallest absolute Gasteiger partial charge is 0.185 e. The van der Waals surface area contributed by atoms with Crippen LogP contribution in [0.5, 0.6) is 0 Å². The van der Waals surface area contributed by atoms with E-state index in [0.717, 1.165) is 59.3 Å². The summed E-state index contributed by atoms with van der Waals surface area (Å²) in [5.74, 6) is 1.06. The van der Waals surface area contributed by atoms with E-state index in [0.29, 0.717) is 12.4 Å². The molecule has 0 radical (unpaired) electrons. The lowest BCUT2D eigenvalue weighted by molar-refractivity contribution is 0.244. The normalized spacial score (nSPS) is 15.0. The van der Waals surface area contributed by atoms with Gasteiger partial charge in [-0.3, -0.25) is 4.90 Å². The van der Waals surface area contributed by atoms with Gasteiger partial charge in [0.1, 0.15) is 17.5 Å². The zero-order chi connectivity index (χ0) is 20.5. The zero-order valence-corrected chi connectivity index (χ0v) is 17.1. The van der Waals surface area contributed by atoms with Gasteiger partial charge < -0.3 is 10.6 Å². The Balaban J connectivity index is 1.23. The van der Waals surface area contributed by atoms with Crippen molar-refractivity contribution in [3.63, 3.8) is 0 Å². The number of hydrogen-bond donors (Lipinski definition) is 1. The lowest BCUT2D eigenvalue weighted by Gasteiger charge is -2.34. The number of nitrogens with zero attached hydrogens (tertiary/aromatic N) is 5. The van der Waals surface area contributed by atoms with Crippen LogP contribution >= 0.6 is 11.3 Å². The van der Waals surface area contributed by atoms with Crippen LogP contribution in [0.3, 0.4) is 0 Å². The highest BCUT2D eigenvalue weighted by atomic mass is 32.1. The molecule has 0 amide bonds. The molecule has 0 saturated carbocycles. The van der Waals surface area contributed by atoms with E-state index < -0.39 is 0 Å². The van der Waals surface area contributed by atoms with Crippen LogP contribution in [0.15, 0.2) is 53.9 Å². The second-order valence-corrected chi connectivity index (χ2v) is 8.16. The van der Waals surface area contributed by atoms with Crippen molar-refractivity contribution in [2.75, 3.05) is 36.8 Å². The van der Waals surface area contributed by atoms with Gasteiger partial charge in [0.25, 0.3) is 0 Å². The number of nitrogen functional groups attached to an aromatic ring is 1. The second-order valence-electron chi connectivity index (χ2n) is 7.33. The van der Waals surface area contributed by atoms with Gasteiger partial charge in [-0.05, 0) is 36.4 Å². The summed E-state index contributed by atoms with van der Waals surface area (Å²) >= 11 is 1.63. The molecule has 2 aromatic heterocycles. The van der Waals surface area contributed by atoms with Crippen LogP contribution in [0.2, 0.25) is 0 Å². The largest absolute Gasteiger partial charge is 0.383 e. The Morgan fingerprint density at radius 2 is 1.70 bits per heavy atom. The maximum absolute atomic E-state index is 13.1. The number of halogens is 1. The lowest BCUT2D eigenvalue weighted by atomic mass is 10.2. The van der Waals surface area contributed by atoms with Crippen molar-refractivity contribution in [2.24, 2.45) is 0 Å². The van der Waals surface area contributed by atoms with E-state index in [2.05, 4.69) is 19.8 Å². The number of benzene rings is 2. The van der Waals surface area contributed by atoms with Crippen LogP contribution in [-0.2, 0) is 6.54 Å². The summed E-state index contributed by atoms with van der Waals surface area (Å²) in [6, 6.07) is 14.3. The van der Waals surface area contributed by atoms with Crippen LogP contribution in [0.25, 0.3) is 22.2 Å². The highest BCUT2D eigenvalue weighted by Crippen LogP contribution is 2.28. The quantitative estimate of drug-likeness (QED) is 0.542. The van der Waals surface area contributed by atoms with Crippen molar-refractivity contribution in [3.8, 4) is 11.3 Å². The average Bonchev–Trinajstić information content (AvgIpc) is 3.25. The molecule has 0 aliphatic carbocycles. The molecule has 0 atom stereocenters. The lowest BCUT2D eigenvalue weighted by Crippen LogP contribution is -2.46. The van der Waals surface area contributed by atoms with Crippen molar-refractivity contribution >= 4 is 33.2 Å². The van der Waals surface area contributed by atoms with E-state index in [4.69, 9.17) is 10.7 Å². The Kier molecular flexibility index (Phi) is 5.02. The van der Waals surface area contributed by atoms with Gasteiger partial charge in [0.15, 0.2) is 5.13 Å².